The van der Waals surface area contributed by atoms with E-state index in [1.54, 1.807) is 12.1 Å². The van der Waals surface area contributed by atoms with E-state index < -0.39 is 0 Å². The number of benzene rings is 3. The van der Waals surface area contributed by atoms with E-state index in [0.717, 1.165) is 12.0 Å². The number of nitrogens with one attached hydrogen (secondary N) is 1. The number of nitro groups is 1. The summed E-state index contributed by atoms with van der Waals surface area (Å²) in [6, 6.07) is 20.2. The molecule has 3 aromatic rings. The van der Waals surface area contributed by atoms with Crippen molar-refractivity contribution >= 4 is 22.1 Å². The molecule has 0 saturated heterocycles. The summed E-state index contributed by atoms with van der Waals surface area (Å²) >= 11 is 0. The third-order valence-electron chi connectivity index (χ3n) is 5.70. The van der Waals surface area contributed by atoms with Crippen LogP contribution in [0.4, 0.5) is 11.4 Å². The topological polar surface area (TPSA) is 55.2 Å². The molecule has 3 aromatic carbocycles. The second-order valence-electron chi connectivity index (χ2n) is 7.08. The molecule has 1 aliphatic carbocycles. The van der Waals surface area contributed by atoms with Crippen LogP contribution in [-0.4, -0.2) is 4.92 Å². The van der Waals surface area contributed by atoms with Crippen LogP contribution in [0.2, 0.25) is 0 Å². The highest BCUT2D eigenvalue weighted by molar-refractivity contribution is 5.83. The number of fused-ring (bicyclic) bond motifs is 4. The van der Waals surface area contributed by atoms with Crippen LogP contribution in [0.25, 0.3) is 10.8 Å². The van der Waals surface area contributed by atoms with E-state index in [-0.39, 0.29) is 22.6 Å². The molecule has 0 amide bonds. The number of hydrogen-bond acceptors (Lipinski definition) is 3. The van der Waals surface area contributed by atoms with E-state index in [4.69, 9.17) is 0 Å². The van der Waals surface area contributed by atoms with E-state index in [9.17, 15) is 10.1 Å². The molecule has 26 heavy (non-hydrogen) atoms. The lowest BCUT2D eigenvalue weighted by atomic mass is 9.76. The maximum absolute atomic E-state index is 11.5. The summed E-state index contributed by atoms with van der Waals surface area (Å²) in [6.45, 7) is 0. The largest absolute Gasteiger partial charge is 0.372 e. The van der Waals surface area contributed by atoms with E-state index in [0.29, 0.717) is 11.6 Å². The smallest absolute Gasteiger partial charge is 0.292 e. The molecule has 0 spiro atoms. The maximum atomic E-state index is 11.5. The van der Waals surface area contributed by atoms with Gasteiger partial charge in [0.05, 0.1) is 11.0 Å². The lowest BCUT2D eigenvalue weighted by molar-refractivity contribution is -0.384. The first-order valence-electron chi connectivity index (χ1n) is 8.91. The van der Waals surface area contributed by atoms with Crippen molar-refractivity contribution in [3.05, 3.63) is 94.1 Å². The van der Waals surface area contributed by atoms with Crippen molar-refractivity contribution in [2.24, 2.45) is 5.92 Å². The molecular weight excluding hydrogens is 324 g/mol. The molecular formula is C22H18N2O2. The fourth-order valence-electron chi connectivity index (χ4n) is 4.49. The summed E-state index contributed by atoms with van der Waals surface area (Å²) in [7, 11) is 0. The summed E-state index contributed by atoms with van der Waals surface area (Å²) in [6.07, 6.45) is 5.40. The molecule has 1 aliphatic heterocycles. The monoisotopic (exact) mass is 342 g/mol. The van der Waals surface area contributed by atoms with Gasteiger partial charge in [0.15, 0.2) is 0 Å². The Morgan fingerprint density at radius 1 is 1.00 bits per heavy atom. The van der Waals surface area contributed by atoms with Gasteiger partial charge < -0.3 is 5.32 Å². The maximum Gasteiger partial charge on any atom is 0.292 e. The Kier molecular flexibility index (Phi) is 3.32. The molecule has 3 unspecified atom stereocenters. The molecule has 0 bridgehead atoms. The summed E-state index contributed by atoms with van der Waals surface area (Å²) < 4.78 is 0. The Bertz CT molecular complexity index is 1060. The van der Waals surface area contributed by atoms with Crippen molar-refractivity contribution < 1.29 is 4.92 Å². The Balaban J connectivity index is 1.65. The van der Waals surface area contributed by atoms with Gasteiger partial charge in [-0.3, -0.25) is 10.1 Å². The lowest BCUT2D eigenvalue weighted by Crippen LogP contribution is -2.29. The van der Waals surface area contributed by atoms with E-state index in [1.807, 2.05) is 18.2 Å². The van der Waals surface area contributed by atoms with Gasteiger partial charge >= 0.3 is 0 Å². The number of hydrogen-bond donors (Lipinski definition) is 1. The molecule has 128 valence electrons. The molecule has 0 radical (unpaired) electrons. The van der Waals surface area contributed by atoms with E-state index >= 15 is 0 Å². The first-order chi connectivity index (χ1) is 12.7. The average Bonchev–Trinajstić information content (AvgIpc) is 3.16. The zero-order chi connectivity index (χ0) is 17.7. The van der Waals surface area contributed by atoms with Crippen LogP contribution in [0.5, 0.6) is 0 Å². The van der Waals surface area contributed by atoms with Gasteiger partial charge in [0.2, 0.25) is 0 Å². The van der Waals surface area contributed by atoms with Crippen molar-refractivity contribution in [3.63, 3.8) is 0 Å². The van der Waals surface area contributed by atoms with Crippen LogP contribution in [0.1, 0.15) is 29.5 Å². The Labute approximate surface area is 151 Å². The fourth-order valence-corrected chi connectivity index (χ4v) is 4.49. The molecule has 4 heteroatoms. The Morgan fingerprint density at radius 3 is 2.69 bits per heavy atom. The highest BCUT2D eigenvalue weighted by Crippen LogP contribution is 2.52. The highest BCUT2D eigenvalue weighted by atomic mass is 16.6. The molecule has 0 fully saturated rings. The van der Waals surface area contributed by atoms with Gasteiger partial charge in [-0.15, -0.1) is 0 Å². The third-order valence-corrected chi connectivity index (χ3v) is 5.70. The number of anilines is 1. The van der Waals surface area contributed by atoms with Crippen LogP contribution in [0.15, 0.2) is 72.8 Å². The number of allylic oxidation sites excluding steroid dienone is 2. The van der Waals surface area contributed by atoms with Crippen molar-refractivity contribution in [1.82, 2.24) is 0 Å². The van der Waals surface area contributed by atoms with Crippen molar-refractivity contribution in [3.8, 4) is 0 Å². The quantitative estimate of drug-likeness (QED) is 0.376. The normalized spacial score (nSPS) is 23.3. The van der Waals surface area contributed by atoms with Crippen LogP contribution in [-0.2, 0) is 0 Å². The van der Waals surface area contributed by atoms with Gasteiger partial charge in [-0.2, -0.15) is 0 Å². The third kappa shape index (κ3) is 2.22. The van der Waals surface area contributed by atoms with Crippen LogP contribution < -0.4 is 5.32 Å². The standard InChI is InChI=1S/C22H18N2O2/c25-24(26)20-10-4-9-19-17-7-3-8-18(17)21(23-22(19)20)16-12-11-14-5-1-2-6-15(14)13-16/h1-7,9-13,17-18,21,23H,8H2. The second-order valence-corrected chi connectivity index (χ2v) is 7.08. The van der Waals surface area contributed by atoms with Gasteiger partial charge in [0, 0.05) is 12.0 Å². The van der Waals surface area contributed by atoms with Gasteiger partial charge in [-0.25, -0.2) is 0 Å². The molecule has 2 aliphatic rings. The number of nitro benzene ring substituents is 1. The predicted octanol–water partition coefficient (Wildman–Crippen LogP) is 5.57. The van der Waals surface area contributed by atoms with Gasteiger partial charge in [-0.05, 0) is 40.3 Å². The Hall–Kier alpha value is -3.14. The zero-order valence-corrected chi connectivity index (χ0v) is 14.1. The van der Waals surface area contributed by atoms with Crippen LogP contribution in [0, 0.1) is 16.0 Å². The number of para-hydroxylation sites is 1. The minimum absolute atomic E-state index is 0.0632. The zero-order valence-electron chi connectivity index (χ0n) is 14.1. The summed E-state index contributed by atoms with van der Waals surface area (Å²) in [5.41, 5.74) is 3.05. The minimum atomic E-state index is -0.289. The van der Waals surface area contributed by atoms with Crippen LogP contribution >= 0.6 is 0 Å². The van der Waals surface area contributed by atoms with Crippen LogP contribution in [0.3, 0.4) is 0 Å². The minimum Gasteiger partial charge on any atom is -0.372 e. The molecule has 1 heterocycles. The van der Waals surface area contributed by atoms with E-state index in [1.165, 1.54) is 16.3 Å². The van der Waals surface area contributed by atoms with Crippen molar-refractivity contribution in [1.29, 1.82) is 0 Å². The molecule has 3 atom stereocenters. The summed E-state index contributed by atoms with van der Waals surface area (Å²) in [4.78, 5) is 11.2. The predicted molar refractivity (Wildman–Crippen MR) is 103 cm³/mol. The fraction of sp³-hybridized carbons (Fsp3) is 0.182. The molecule has 1 N–H and O–H groups in total. The summed E-state index contributed by atoms with van der Waals surface area (Å²) in [5, 5.41) is 17.5. The van der Waals surface area contributed by atoms with Crippen molar-refractivity contribution in [2.45, 2.75) is 18.4 Å². The first-order valence-corrected chi connectivity index (χ1v) is 8.91. The first kappa shape index (κ1) is 15.1. The molecule has 0 saturated carbocycles. The van der Waals surface area contributed by atoms with Gasteiger partial charge in [0.1, 0.15) is 5.69 Å². The summed E-state index contributed by atoms with van der Waals surface area (Å²) in [5.74, 6) is 0.605. The molecule has 5 rings (SSSR count). The number of nitrogens with zero attached hydrogens (tertiary/aromatic N) is 1. The van der Waals surface area contributed by atoms with Gasteiger partial charge in [-0.1, -0.05) is 60.7 Å². The lowest BCUT2D eigenvalue weighted by Gasteiger charge is -2.37. The Morgan fingerprint density at radius 2 is 1.85 bits per heavy atom. The molecule has 4 nitrogen and oxygen atoms in total. The highest BCUT2D eigenvalue weighted by Gasteiger charge is 2.40. The van der Waals surface area contributed by atoms with E-state index in [2.05, 4.69) is 47.8 Å². The SMILES string of the molecule is O=[N+]([O-])c1cccc2c1NC(c1ccc3ccccc3c1)C1CC=CC21. The molecule has 0 aromatic heterocycles. The number of rotatable bonds is 2. The second kappa shape index (κ2) is 5.70. The van der Waals surface area contributed by atoms with Gasteiger partial charge in [0.25, 0.3) is 5.69 Å². The average molecular weight is 342 g/mol. The van der Waals surface area contributed by atoms with Crippen molar-refractivity contribution in [2.75, 3.05) is 5.32 Å².